The molecule has 1 aliphatic heterocycles. The Balaban J connectivity index is 1.78. The van der Waals surface area contributed by atoms with Crippen LogP contribution in [0.5, 0.6) is 0 Å². The fraction of sp³-hybridized carbons (Fsp3) is 0.600. The first-order valence-electron chi connectivity index (χ1n) is 7.41. The predicted molar refractivity (Wildman–Crippen MR) is 85.3 cm³/mol. The maximum Gasteiger partial charge on any atom is 0.236 e. The molecule has 2 heterocycles. The summed E-state index contributed by atoms with van der Waals surface area (Å²) in [5.41, 5.74) is 1.14. The van der Waals surface area contributed by atoms with Gasteiger partial charge in [0.2, 0.25) is 5.91 Å². The topological polar surface area (TPSA) is 70.6 Å². The minimum atomic E-state index is -2.92. The molecule has 1 aromatic rings. The van der Waals surface area contributed by atoms with Crippen LogP contribution in [0.15, 0.2) is 24.5 Å². The number of hydrogen-bond donors (Lipinski definition) is 0. The summed E-state index contributed by atoms with van der Waals surface area (Å²) in [5.74, 6) is 0.409. The molecular weight excluding hydrogens is 302 g/mol. The number of carbonyl (C=O) groups is 1. The van der Waals surface area contributed by atoms with Crippen LogP contribution >= 0.6 is 0 Å². The first-order chi connectivity index (χ1) is 10.4. The van der Waals surface area contributed by atoms with Gasteiger partial charge in [0.1, 0.15) is 0 Å². The Kier molecular flexibility index (Phi) is 5.52. The lowest BCUT2D eigenvalue weighted by Gasteiger charge is -2.25. The second kappa shape index (κ2) is 7.19. The maximum absolute atomic E-state index is 12.2. The molecule has 1 unspecified atom stereocenters. The van der Waals surface area contributed by atoms with Crippen LogP contribution in [0, 0.1) is 0 Å². The van der Waals surface area contributed by atoms with Crippen LogP contribution in [0.1, 0.15) is 12.0 Å². The van der Waals surface area contributed by atoms with Gasteiger partial charge in [0.05, 0.1) is 18.1 Å². The zero-order valence-corrected chi connectivity index (χ0v) is 13.9. The van der Waals surface area contributed by atoms with E-state index in [2.05, 4.69) is 4.98 Å². The van der Waals surface area contributed by atoms with E-state index in [1.165, 1.54) is 0 Å². The van der Waals surface area contributed by atoms with Crippen LogP contribution in [0.25, 0.3) is 0 Å². The lowest BCUT2D eigenvalue weighted by Crippen LogP contribution is -2.42. The fourth-order valence-electron chi connectivity index (χ4n) is 2.56. The summed E-state index contributed by atoms with van der Waals surface area (Å²) < 4.78 is 23.0. The van der Waals surface area contributed by atoms with Gasteiger partial charge in [0, 0.05) is 32.0 Å². The zero-order valence-electron chi connectivity index (χ0n) is 13.1. The number of sulfone groups is 1. The first kappa shape index (κ1) is 16.9. The Labute approximate surface area is 132 Å². The third-order valence-corrected chi connectivity index (χ3v) is 5.88. The maximum atomic E-state index is 12.2. The highest BCUT2D eigenvalue weighted by molar-refractivity contribution is 7.91. The largest absolute Gasteiger partial charge is 0.344 e. The van der Waals surface area contributed by atoms with Crippen LogP contribution in [0.3, 0.4) is 0 Å². The van der Waals surface area contributed by atoms with Crippen LogP contribution in [-0.4, -0.2) is 73.8 Å². The molecule has 7 heteroatoms. The monoisotopic (exact) mass is 325 g/mol. The van der Waals surface area contributed by atoms with Gasteiger partial charge in [-0.05, 0) is 37.6 Å². The Morgan fingerprint density at radius 1 is 1.32 bits per heavy atom. The number of aromatic nitrogens is 1. The van der Waals surface area contributed by atoms with Crippen molar-refractivity contribution in [2.45, 2.75) is 18.9 Å². The van der Waals surface area contributed by atoms with Gasteiger partial charge in [-0.15, -0.1) is 0 Å². The van der Waals surface area contributed by atoms with E-state index in [1.807, 2.05) is 24.1 Å². The van der Waals surface area contributed by atoms with Crippen molar-refractivity contribution < 1.29 is 13.2 Å². The predicted octanol–water partition coefficient (Wildman–Crippen LogP) is 0.201. The molecule has 1 atom stereocenters. The molecule has 22 heavy (non-hydrogen) atoms. The van der Waals surface area contributed by atoms with E-state index in [9.17, 15) is 13.2 Å². The summed E-state index contributed by atoms with van der Waals surface area (Å²) >= 11 is 0. The average Bonchev–Trinajstić information content (AvgIpc) is 2.86. The Hall–Kier alpha value is -1.47. The lowest BCUT2D eigenvalue weighted by molar-refractivity contribution is -0.131. The number of amides is 1. The Morgan fingerprint density at radius 3 is 2.59 bits per heavy atom. The smallest absolute Gasteiger partial charge is 0.236 e. The quantitative estimate of drug-likeness (QED) is 0.747. The molecule has 6 nitrogen and oxygen atoms in total. The second-order valence-corrected chi connectivity index (χ2v) is 8.12. The minimum absolute atomic E-state index is 0.0147. The molecule has 0 radical (unpaired) electrons. The van der Waals surface area contributed by atoms with Crippen LogP contribution in [0.4, 0.5) is 0 Å². The van der Waals surface area contributed by atoms with E-state index in [-0.39, 0.29) is 30.0 Å². The zero-order chi connectivity index (χ0) is 16.2. The summed E-state index contributed by atoms with van der Waals surface area (Å²) in [6, 6.07) is 3.84. The molecule has 0 aromatic carbocycles. The van der Waals surface area contributed by atoms with Crippen molar-refractivity contribution in [1.29, 1.82) is 0 Å². The Bertz CT molecular complexity index is 604. The number of rotatable bonds is 6. The second-order valence-electron chi connectivity index (χ2n) is 5.89. The molecule has 1 fully saturated rings. The van der Waals surface area contributed by atoms with Crippen LogP contribution < -0.4 is 0 Å². The van der Waals surface area contributed by atoms with E-state index in [1.54, 1.807) is 24.3 Å². The molecule has 0 aliphatic carbocycles. The third-order valence-electron chi connectivity index (χ3n) is 4.13. The summed E-state index contributed by atoms with van der Waals surface area (Å²) in [6.07, 6.45) is 4.88. The number of nitrogens with zero attached hydrogens (tertiary/aromatic N) is 3. The molecular formula is C15H23N3O3S. The molecule has 2 rings (SSSR count). The Morgan fingerprint density at radius 2 is 2.00 bits per heavy atom. The van der Waals surface area contributed by atoms with E-state index in [4.69, 9.17) is 0 Å². The van der Waals surface area contributed by atoms with Gasteiger partial charge in [-0.25, -0.2) is 8.42 Å². The van der Waals surface area contributed by atoms with Gasteiger partial charge in [0.15, 0.2) is 9.84 Å². The normalized spacial score (nSPS) is 20.2. The SMILES string of the molecule is CN(CCc1ccncc1)C(=O)CN(C)C1CCS(=O)(=O)C1. The standard InChI is InChI=1S/C15H23N3O3S/c1-17(9-5-13-3-7-16-8-4-13)15(19)11-18(2)14-6-10-22(20,21)12-14/h3-4,7-8,14H,5-6,9-12H2,1-2H3. The van der Waals surface area contributed by atoms with E-state index >= 15 is 0 Å². The van der Waals surface area contributed by atoms with Crippen molar-refractivity contribution in [3.05, 3.63) is 30.1 Å². The highest BCUT2D eigenvalue weighted by Crippen LogP contribution is 2.16. The van der Waals surface area contributed by atoms with Gasteiger partial charge in [0.25, 0.3) is 0 Å². The van der Waals surface area contributed by atoms with Crippen molar-refractivity contribution in [2.24, 2.45) is 0 Å². The molecule has 1 saturated heterocycles. The lowest BCUT2D eigenvalue weighted by atomic mass is 10.2. The summed E-state index contributed by atoms with van der Waals surface area (Å²) in [6.45, 7) is 0.896. The summed E-state index contributed by atoms with van der Waals surface area (Å²) in [4.78, 5) is 19.7. The molecule has 0 saturated carbocycles. The molecule has 1 amide bonds. The highest BCUT2D eigenvalue weighted by atomic mass is 32.2. The number of carbonyl (C=O) groups excluding carboxylic acids is 1. The van der Waals surface area contributed by atoms with Crippen molar-refractivity contribution >= 4 is 15.7 Å². The fourth-order valence-corrected chi connectivity index (χ4v) is 4.36. The van der Waals surface area contributed by atoms with Crippen molar-refractivity contribution in [3.8, 4) is 0 Å². The molecule has 0 spiro atoms. The van der Waals surface area contributed by atoms with E-state index < -0.39 is 9.84 Å². The van der Waals surface area contributed by atoms with Crippen molar-refractivity contribution in [3.63, 3.8) is 0 Å². The molecule has 122 valence electrons. The van der Waals surface area contributed by atoms with Gasteiger partial charge < -0.3 is 4.90 Å². The highest BCUT2D eigenvalue weighted by Gasteiger charge is 2.31. The number of pyridine rings is 1. The van der Waals surface area contributed by atoms with Gasteiger partial charge in [-0.1, -0.05) is 0 Å². The average molecular weight is 325 g/mol. The van der Waals surface area contributed by atoms with Gasteiger partial charge in [-0.3, -0.25) is 14.7 Å². The molecule has 0 bridgehead atoms. The number of likely N-dealkylation sites (N-methyl/N-ethyl adjacent to an activating group) is 2. The number of hydrogen-bond acceptors (Lipinski definition) is 5. The van der Waals surface area contributed by atoms with E-state index in [0.717, 1.165) is 12.0 Å². The first-order valence-corrected chi connectivity index (χ1v) is 9.23. The summed E-state index contributed by atoms with van der Waals surface area (Å²) in [5, 5.41) is 0. The summed E-state index contributed by atoms with van der Waals surface area (Å²) in [7, 11) is 0.685. The minimum Gasteiger partial charge on any atom is -0.344 e. The molecule has 1 aliphatic rings. The van der Waals surface area contributed by atoms with Gasteiger partial charge in [-0.2, -0.15) is 0 Å². The molecule has 0 N–H and O–H groups in total. The molecule has 1 aromatic heterocycles. The van der Waals surface area contributed by atoms with Crippen LogP contribution in [-0.2, 0) is 21.1 Å². The van der Waals surface area contributed by atoms with Gasteiger partial charge >= 0.3 is 0 Å². The van der Waals surface area contributed by atoms with Crippen molar-refractivity contribution in [2.75, 3.05) is 38.7 Å². The van der Waals surface area contributed by atoms with Crippen LogP contribution in [0.2, 0.25) is 0 Å². The third kappa shape index (κ3) is 4.78. The van der Waals surface area contributed by atoms with E-state index in [0.29, 0.717) is 13.0 Å². The van der Waals surface area contributed by atoms with Crippen molar-refractivity contribution in [1.82, 2.24) is 14.8 Å².